The van der Waals surface area contributed by atoms with Crippen LogP contribution in [0.5, 0.6) is 0 Å². The highest BCUT2D eigenvalue weighted by atomic mass is 35.5. The Morgan fingerprint density at radius 1 is 1.00 bits per heavy atom. The fourth-order valence-electron chi connectivity index (χ4n) is 3.86. The standard InChI is InChI=1S/C18H20ClNS/c19-18-11-14-16(9-4-10-17(14)21-18)20-15-8-3-6-12-5-1-2-7-13(12)15/h1-2,5,7,11,15-16,20H,3-4,6,8-10H2. The molecule has 2 unspecified atom stereocenters. The molecule has 4 rings (SSSR count). The molecule has 0 saturated carbocycles. The third-order valence-electron chi connectivity index (χ3n) is 4.86. The maximum Gasteiger partial charge on any atom is 0.0934 e. The molecule has 0 bridgehead atoms. The van der Waals surface area contributed by atoms with E-state index in [4.69, 9.17) is 11.6 Å². The van der Waals surface area contributed by atoms with Crippen LogP contribution in [0.1, 0.15) is 59.3 Å². The number of halogens is 1. The van der Waals surface area contributed by atoms with Gasteiger partial charge in [-0.25, -0.2) is 0 Å². The summed E-state index contributed by atoms with van der Waals surface area (Å²) >= 11 is 8.00. The van der Waals surface area contributed by atoms with Crippen LogP contribution < -0.4 is 5.32 Å². The van der Waals surface area contributed by atoms with E-state index in [1.807, 2.05) is 0 Å². The first kappa shape index (κ1) is 13.8. The molecule has 2 aliphatic rings. The molecular formula is C18H20ClNS. The van der Waals surface area contributed by atoms with Crippen LogP contribution in [-0.4, -0.2) is 0 Å². The zero-order valence-electron chi connectivity index (χ0n) is 12.1. The van der Waals surface area contributed by atoms with Gasteiger partial charge in [-0.05, 0) is 61.3 Å². The number of benzene rings is 1. The van der Waals surface area contributed by atoms with Crippen LogP contribution in [0, 0.1) is 0 Å². The van der Waals surface area contributed by atoms with E-state index in [-0.39, 0.29) is 0 Å². The minimum Gasteiger partial charge on any atom is -0.303 e. The normalized spacial score (nSPS) is 24.4. The van der Waals surface area contributed by atoms with Crippen molar-refractivity contribution in [2.24, 2.45) is 0 Å². The van der Waals surface area contributed by atoms with E-state index < -0.39 is 0 Å². The molecule has 1 nitrogen and oxygen atoms in total. The summed E-state index contributed by atoms with van der Waals surface area (Å²) in [5.74, 6) is 0. The average Bonchev–Trinajstić information content (AvgIpc) is 2.89. The molecular weight excluding hydrogens is 298 g/mol. The van der Waals surface area contributed by atoms with E-state index in [1.54, 1.807) is 11.3 Å². The number of rotatable bonds is 2. The van der Waals surface area contributed by atoms with Gasteiger partial charge in [-0.2, -0.15) is 0 Å². The van der Waals surface area contributed by atoms with Crippen molar-refractivity contribution in [1.29, 1.82) is 0 Å². The van der Waals surface area contributed by atoms with Gasteiger partial charge in [-0.1, -0.05) is 35.9 Å². The molecule has 0 spiro atoms. The van der Waals surface area contributed by atoms with Crippen molar-refractivity contribution in [2.75, 3.05) is 0 Å². The molecule has 2 atom stereocenters. The average molecular weight is 318 g/mol. The third-order valence-corrected chi connectivity index (χ3v) is 6.20. The Kier molecular flexibility index (Phi) is 3.78. The Morgan fingerprint density at radius 2 is 1.76 bits per heavy atom. The van der Waals surface area contributed by atoms with Gasteiger partial charge in [0.2, 0.25) is 0 Å². The predicted molar refractivity (Wildman–Crippen MR) is 90.3 cm³/mol. The number of thiophene rings is 1. The Bertz CT molecular complexity index is 648. The highest BCUT2D eigenvalue weighted by molar-refractivity contribution is 7.16. The van der Waals surface area contributed by atoms with E-state index in [0.717, 1.165) is 4.34 Å². The number of hydrogen-bond acceptors (Lipinski definition) is 2. The van der Waals surface area contributed by atoms with Crippen molar-refractivity contribution in [3.8, 4) is 0 Å². The van der Waals surface area contributed by atoms with Gasteiger partial charge in [0.15, 0.2) is 0 Å². The van der Waals surface area contributed by atoms with Gasteiger partial charge in [0.1, 0.15) is 0 Å². The Morgan fingerprint density at radius 3 is 2.67 bits per heavy atom. The van der Waals surface area contributed by atoms with Crippen LogP contribution in [-0.2, 0) is 12.8 Å². The lowest BCUT2D eigenvalue weighted by atomic mass is 9.85. The van der Waals surface area contributed by atoms with E-state index >= 15 is 0 Å². The van der Waals surface area contributed by atoms with Crippen molar-refractivity contribution < 1.29 is 0 Å². The topological polar surface area (TPSA) is 12.0 Å². The Hall–Kier alpha value is -0.830. The summed E-state index contributed by atoms with van der Waals surface area (Å²) in [5.41, 5.74) is 4.50. The molecule has 1 aromatic carbocycles. The lowest BCUT2D eigenvalue weighted by molar-refractivity contribution is 0.371. The largest absolute Gasteiger partial charge is 0.303 e. The maximum atomic E-state index is 6.23. The van der Waals surface area contributed by atoms with E-state index in [9.17, 15) is 0 Å². The summed E-state index contributed by atoms with van der Waals surface area (Å²) in [6.07, 6.45) is 7.48. The molecule has 0 aliphatic heterocycles. The molecule has 0 radical (unpaired) electrons. The summed E-state index contributed by atoms with van der Waals surface area (Å²) in [6, 6.07) is 12.1. The number of fused-ring (bicyclic) bond motifs is 2. The second-order valence-electron chi connectivity index (χ2n) is 6.18. The third kappa shape index (κ3) is 2.65. The minimum absolute atomic E-state index is 0.480. The molecule has 2 aliphatic carbocycles. The summed E-state index contributed by atoms with van der Waals surface area (Å²) < 4.78 is 0.942. The minimum atomic E-state index is 0.480. The predicted octanol–water partition coefficient (Wildman–Crippen LogP) is 5.45. The molecule has 1 aromatic heterocycles. The monoisotopic (exact) mass is 317 g/mol. The van der Waals surface area contributed by atoms with Crippen LogP contribution in [0.4, 0.5) is 0 Å². The van der Waals surface area contributed by atoms with Crippen molar-refractivity contribution in [3.63, 3.8) is 0 Å². The molecule has 3 heteroatoms. The van der Waals surface area contributed by atoms with Crippen molar-refractivity contribution in [1.82, 2.24) is 5.32 Å². The SMILES string of the molecule is Clc1cc2c(s1)CCCC2NC1CCCc2ccccc21. The van der Waals surface area contributed by atoms with Crippen molar-refractivity contribution >= 4 is 22.9 Å². The van der Waals surface area contributed by atoms with Crippen LogP contribution >= 0.6 is 22.9 Å². The lowest BCUT2D eigenvalue weighted by Gasteiger charge is -2.32. The summed E-state index contributed by atoms with van der Waals surface area (Å²) in [5, 5.41) is 3.93. The van der Waals surface area contributed by atoms with Crippen LogP contribution in [0.3, 0.4) is 0 Å². The highest BCUT2D eigenvalue weighted by Gasteiger charge is 2.27. The zero-order chi connectivity index (χ0) is 14.2. The quantitative estimate of drug-likeness (QED) is 0.777. The zero-order valence-corrected chi connectivity index (χ0v) is 13.6. The van der Waals surface area contributed by atoms with E-state index in [0.29, 0.717) is 12.1 Å². The highest BCUT2D eigenvalue weighted by Crippen LogP contribution is 2.40. The van der Waals surface area contributed by atoms with E-state index in [1.165, 1.54) is 60.1 Å². The van der Waals surface area contributed by atoms with Gasteiger partial charge >= 0.3 is 0 Å². The number of nitrogens with one attached hydrogen (secondary N) is 1. The molecule has 1 N–H and O–H groups in total. The molecule has 110 valence electrons. The number of hydrogen-bond donors (Lipinski definition) is 1. The van der Waals surface area contributed by atoms with Gasteiger partial charge in [0.25, 0.3) is 0 Å². The lowest BCUT2D eigenvalue weighted by Crippen LogP contribution is -2.30. The van der Waals surface area contributed by atoms with Gasteiger partial charge in [0, 0.05) is 17.0 Å². The van der Waals surface area contributed by atoms with Crippen molar-refractivity contribution in [3.05, 3.63) is 56.2 Å². The van der Waals surface area contributed by atoms with Gasteiger partial charge in [-0.15, -0.1) is 11.3 Å². The summed E-state index contributed by atoms with van der Waals surface area (Å²) in [7, 11) is 0. The molecule has 1 heterocycles. The first-order chi connectivity index (χ1) is 10.3. The van der Waals surface area contributed by atoms with Crippen LogP contribution in [0.25, 0.3) is 0 Å². The number of aryl methyl sites for hydroxylation is 2. The second-order valence-corrected chi connectivity index (χ2v) is 7.95. The maximum absolute atomic E-state index is 6.23. The summed E-state index contributed by atoms with van der Waals surface area (Å²) in [4.78, 5) is 1.49. The Labute approximate surface area is 135 Å². The fraction of sp³-hybridized carbons (Fsp3) is 0.444. The van der Waals surface area contributed by atoms with Gasteiger partial charge in [-0.3, -0.25) is 0 Å². The van der Waals surface area contributed by atoms with Crippen LogP contribution in [0.15, 0.2) is 30.3 Å². The molecule has 0 amide bonds. The fourth-order valence-corrected chi connectivity index (χ4v) is 5.25. The first-order valence-corrected chi connectivity index (χ1v) is 9.12. The Balaban J connectivity index is 1.60. The molecule has 2 aromatic rings. The molecule has 0 saturated heterocycles. The van der Waals surface area contributed by atoms with E-state index in [2.05, 4.69) is 35.6 Å². The van der Waals surface area contributed by atoms with Gasteiger partial charge < -0.3 is 5.32 Å². The summed E-state index contributed by atoms with van der Waals surface area (Å²) in [6.45, 7) is 0. The smallest absolute Gasteiger partial charge is 0.0934 e. The van der Waals surface area contributed by atoms with Gasteiger partial charge in [0.05, 0.1) is 4.34 Å². The van der Waals surface area contributed by atoms with Crippen molar-refractivity contribution in [2.45, 2.75) is 50.6 Å². The second kappa shape index (κ2) is 5.75. The first-order valence-electron chi connectivity index (χ1n) is 7.93. The van der Waals surface area contributed by atoms with Crippen LogP contribution in [0.2, 0.25) is 4.34 Å². The molecule has 0 fully saturated rings. The molecule has 21 heavy (non-hydrogen) atoms.